The molecule has 1 aromatic heterocycles. The first-order valence-corrected chi connectivity index (χ1v) is 9.13. The van der Waals surface area contributed by atoms with E-state index in [0.29, 0.717) is 6.54 Å². The first-order valence-electron chi connectivity index (χ1n) is 9.13. The summed E-state index contributed by atoms with van der Waals surface area (Å²) in [5.41, 5.74) is 3.34. The van der Waals surface area contributed by atoms with Gasteiger partial charge >= 0.3 is 0 Å². The molecule has 138 valence electrons. The van der Waals surface area contributed by atoms with Crippen molar-refractivity contribution in [3.8, 4) is 11.1 Å². The normalized spacial score (nSPS) is 11.8. The quantitative estimate of drug-likeness (QED) is 0.726. The van der Waals surface area contributed by atoms with E-state index in [-0.39, 0.29) is 23.2 Å². The summed E-state index contributed by atoms with van der Waals surface area (Å²) in [5.74, 6) is -0.292. The molecule has 0 aliphatic heterocycles. The smallest absolute Gasteiger partial charge is 0.272 e. The van der Waals surface area contributed by atoms with Crippen LogP contribution in [0.4, 0.5) is 0 Å². The third kappa shape index (κ3) is 4.50. The molecule has 0 saturated carbocycles. The molecule has 1 heterocycles. The molecule has 0 aliphatic rings. The molecular formula is C22H23N3O2. The standard InChI is InChI=1S/C22H23N3O2/c1-3-15-25-21(26)14-13-20(24-25)22(27)23-16(2)17-9-11-19(12-10-17)18-7-5-4-6-8-18/h4-14,16H,3,15H2,1-2H3,(H,23,27). The van der Waals surface area contributed by atoms with Crippen LogP contribution in [0.1, 0.15) is 42.4 Å². The fourth-order valence-electron chi connectivity index (χ4n) is 2.89. The van der Waals surface area contributed by atoms with Crippen LogP contribution in [0.3, 0.4) is 0 Å². The van der Waals surface area contributed by atoms with Crippen LogP contribution in [0, 0.1) is 0 Å². The number of aryl methyl sites for hydroxylation is 1. The molecule has 1 amide bonds. The van der Waals surface area contributed by atoms with Crippen LogP contribution in [0.15, 0.2) is 71.5 Å². The Morgan fingerprint density at radius 3 is 2.33 bits per heavy atom. The Morgan fingerprint density at radius 2 is 1.67 bits per heavy atom. The van der Waals surface area contributed by atoms with Crippen LogP contribution in [0.2, 0.25) is 0 Å². The minimum atomic E-state index is -0.292. The van der Waals surface area contributed by atoms with E-state index >= 15 is 0 Å². The van der Waals surface area contributed by atoms with Gasteiger partial charge in [0.05, 0.1) is 6.04 Å². The topological polar surface area (TPSA) is 64.0 Å². The molecule has 0 saturated heterocycles. The van der Waals surface area contributed by atoms with Crippen LogP contribution in [0.5, 0.6) is 0 Å². The molecular weight excluding hydrogens is 338 g/mol. The van der Waals surface area contributed by atoms with E-state index in [0.717, 1.165) is 23.1 Å². The second-order valence-corrected chi connectivity index (χ2v) is 6.46. The van der Waals surface area contributed by atoms with E-state index in [1.807, 2.05) is 56.3 Å². The van der Waals surface area contributed by atoms with E-state index in [9.17, 15) is 9.59 Å². The van der Waals surface area contributed by atoms with Gasteiger partial charge in [0.2, 0.25) is 0 Å². The van der Waals surface area contributed by atoms with Crippen molar-refractivity contribution in [1.29, 1.82) is 0 Å². The first-order chi connectivity index (χ1) is 13.1. The van der Waals surface area contributed by atoms with Crippen molar-refractivity contribution in [2.75, 3.05) is 0 Å². The lowest BCUT2D eigenvalue weighted by Crippen LogP contribution is -2.31. The van der Waals surface area contributed by atoms with Gasteiger partial charge < -0.3 is 5.32 Å². The highest BCUT2D eigenvalue weighted by atomic mass is 16.2. The van der Waals surface area contributed by atoms with Crippen LogP contribution in [-0.4, -0.2) is 15.7 Å². The maximum absolute atomic E-state index is 12.5. The van der Waals surface area contributed by atoms with Crippen molar-refractivity contribution >= 4 is 5.91 Å². The SMILES string of the molecule is CCCn1nc(C(=O)NC(C)c2ccc(-c3ccccc3)cc2)ccc1=O. The highest BCUT2D eigenvalue weighted by Gasteiger charge is 2.14. The van der Waals surface area contributed by atoms with Gasteiger partial charge in [-0.15, -0.1) is 0 Å². The van der Waals surface area contributed by atoms with Crippen LogP contribution < -0.4 is 10.9 Å². The largest absolute Gasteiger partial charge is 0.344 e. The number of benzene rings is 2. The number of nitrogens with one attached hydrogen (secondary N) is 1. The van der Waals surface area contributed by atoms with Crippen molar-refractivity contribution in [3.63, 3.8) is 0 Å². The van der Waals surface area contributed by atoms with Gasteiger partial charge in [-0.3, -0.25) is 9.59 Å². The van der Waals surface area contributed by atoms with Gasteiger partial charge in [0, 0.05) is 12.6 Å². The number of hydrogen-bond donors (Lipinski definition) is 1. The summed E-state index contributed by atoms with van der Waals surface area (Å²) in [7, 11) is 0. The Kier molecular flexibility index (Phi) is 5.81. The second-order valence-electron chi connectivity index (χ2n) is 6.46. The fraction of sp³-hybridized carbons (Fsp3) is 0.227. The molecule has 0 spiro atoms. The molecule has 0 bridgehead atoms. The second kappa shape index (κ2) is 8.45. The summed E-state index contributed by atoms with van der Waals surface area (Å²) in [5, 5.41) is 7.10. The van der Waals surface area contributed by atoms with E-state index < -0.39 is 0 Å². The molecule has 0 fully saturated rings. The minimum Gasteiger partial charge on any atom is -0.344 e. The zero-order valence-corrected chi connectivity index (χ0v) is 15.6. The molecule has 2 aromatic carbocycles. The van der Waals surface area contributed by atoms with E-state index in [2.05, 4.69) is 22.5 Å². The van der Waals surface area contributed by atoms with Crippen molar-refractivity contribution in [2.24, 2.45) is 0 Å². The van der Waals surface area contributed by atoms with Crippen molar-refractivity contribution in [2.45, 2.75) is 32.9 Å². The summed E-state index contributed by atoms with van der Waals surface area (Å²) in [6.07, 6.45) is 0.780. The maximum atomic E-state index is 12.5. The third-order valence-electron chi connectivity index (χ3n) is 4.40. The molecule has 1 N–H and O–H groups in total. The van der Waals surface area contributed by atoms with Crippen molar-refractivity contribution in [3.05, 3.63) is 88.3 Å². The van der Waals surface area contributed by atoms with Gasteiger partial charge in [-0.25, -0.2) is 4.68 Å². The van der Waals surface area contributed by atoms with Gasteiger partial charge in [0.25, 0.3) is 11.5 Å². The van der Waals surface area contributed by atoms with E-state index in [1.54, 1.807) is 0 Å². The van der Waals surface area contributed by atoms with Crippen LogP contribution in [0.25, 0.3) is 11.1 Å². The van der Waals surface area contributed by atoms with Crippen molar-refractivity contribution in [1.82, 2.24) is 15.1 Å². The summed E-state index contributed by atoms with van der Waals surface area (Å²) >= 11 is 0. The molecule has 3 rings (SSSR count). The number of carbonyl (C=O) groups excluding carboxylic acids is 1. The number of rotatable bonds is 6. The highest BCUT2D eigenvalue weighted by Crippen LogP contribution is 2.21. The lowest BCUT2D eigenvalue weighted by Gasteiger charge is -2.15. The number of hydrogen-bond acceptors (Lipinski definition) is 3. The van der Waals surface area contributed by atoms with E-state index in [4.69, 9.17) is 0 Å². The number of amides is 1. The van der Waals surface area contributed by atoms with Gasteiger partial charge in [-0.1, -0.05) is 61.5 Å². The van der Waals surface area contributed by atoms with Gasteiger partial charge in [-0.05, 0) is 36.1 Å². The molecule has 3 aromatic rings. The third-order valence-corrected chi connectivity index (χ3v) is 4.40. The Balaban J connectivity index is 1.71. The first kappa shape index (κ1) is 18.6. The predicted molar refractivity (Wildman–Crippen MR) is 107 cm³/mol. The summed E-state index contributed by atoms with van der Waals surface area (Å²) < 4.78 is 1.33. The van der Waals surface area contributed by atoms with Gasteiger partial charge in [0.1, 0.15) is 5.69 Å². The highest BCUT2D eigenvalue weighted by molar-refractivity contribution is 5.92. The van der Waals surface area contributed by atoms with Gasteiger partial charge in [-0.2, -0.15) is 5.10 Å². The Labute approximate surface area is 158 Å². The lowest BCUT2D eigenvalue weighted by atomic mass is 10.0. The maximum Gasteiger partial charge on any atom is 0.272 e. The number of carbonyl (C=O) groups is 1. The van der Waals surface area contributed by atoms with Gasteiger partial charge in [0.15, 0.2) is 0 Å². The van der Waals surface area contributed by atoms with Crippen molar-refractivity contribution < 1.29 is 4.79 Å². The van der Waals surface area contributed by atoms with E-state index in [1.165, 1.54) is 16.8 Å². The van der Waals surface area contributed by atoms with Crippen LogP contribution >= 0.6 is 0 Å². The summed E-state index contributed by atoms with van der Waals surface area (Å²) in [6, 6.07) is 21.0. The molecule has 1 unspecified atom stereocenters. The zero-order chi connectivity index (χ0) is 19.2. The Hall–Kier alpha value is -3.21. The predicted octanol–water partition coefficient (Wildman–Crippen LogP) is 3.81. The summed E-state index contributed by atoms with van der Waals surface area (Å²) in [6.45, 7) is 4.38. The monoisotopic (exact) mass is 361 g/mol. The molecule has 27 heavy (non-hydrogen) atoms. The molecule has 1 atom stereocenters. The minimum absolute atomic E-state index is 0.171. The molecule has 0 radical (unpaired) electrons. The molecule has 5 nitrogen and oxygen atoms in total. The molecule has 5 heteroatoms. The summed E-state index contributed by atoms with van der Waals surface area (Å²) in [4.78, 5) is 24.2. The zero-order valence-electron chi connectivity index (χ0n) is 15.6. The average Bonchev–Trinajstić information content (AvgIpc) is 2.70. The average molecular weight is 361 g/mol. The Bertz CT molecular complexity index is 963. The fourth-order valence-corrected chi connectivity index (χ4v) is 2.89. The van der Waals surface area contributed by atoms with Crippen LogP contribution in [-0.2, 0) is 6.54 Å². The lowest BCUT2D eigenvalue weighted by molar-refractivity contribution is 0.0932. The number of nitrogens with zero attached hydrogens (tertiary/aromatic N) is 2. The Morgan fingerprint density at radius 1 is 1.00 bits per heavy atom. The molecule has 0 aliphatic carbocycles. The number of aromatic nitrogens is 2.